The highest BCUT2D eigenvalue weighted by Gasteiger charge is 2.74. The molecule has 0 heterocycles. The molecule has 3 atom stereocenters. The number of hydrogen-bond donors (Lipinski definition) is 0. The molecule has 0 bridgehead atoms. The van der Waals surface area contributed by atoms with E-state index < -0.39 is 18.8 Å². The summed E-state index contributed by atoms with van der Waals surface area (Å²) in [7, 11) is -1.76. The molecule has 4 heteroatoms. The molecule has 2 nitrogen and oxygen atoms in total. The third-order valence-corrected chi connectivity index (χ3v) is 6.38. The van der Waals surface area contributed by atoms with Crippen LogP contribution in [0.25, 0.3) is 0 Å². The van der Waals surface area contributed by atoms with Gasteiger partial charge in [0.2, 0.25) is 0 Å². The summed E-state index contributed by atoms with van der Waals surface area (Å²) < 4.78 is 6.53. The molecule has 0 N–H and O–H groups in total. The Labute approximate surface area is 133 Å². The Bertz CT molecular complexity index is 554. The number of benzene rings is 1. The van der Waals surface area contributed by atoms with Gasteiger partial charge in [0.05, 0.1) is 5.60 Å². The molecule has 2 aliphatic rings. The quantitative estimate of drug-likeness (QED) is 0.614. The minimum atomic E-state index is -1.76. The van der Waals surface area contributed by atoms with E-state index in [1.54, 1.807) is 0 Å². The summed E-state index contributed by atoms with van der Waals surface area (Å²) in [6.45, 7) is 6.54. The summed E-state index contributed by atoms with van der Waals surface area (Å²) >= 11 is 6.90. The number of fused-ring (bicyclic) bond motifs is 1. The lowest BCUT2D eigenvalue weighted by Crippen LogP contribution is -2.75. The maximum Gasteiger partial charge on any atom is 0.184 e. The second-order valence-electron chi connectivity index (χ2n) is 7.38. The number of ketones is 1. The highest BCUT2D eigenvalue weighted by molar-refractivity contribution is 6.70. The van der Waals surface area contributed by atoms with E-state index in [-0.39, 0.29) is 11.7 Å². The highest BCUT2D eigenvalue weighted by atomic mass is 35.5. The fourth-order valence-corrected chi connectivity index (χ4v) is 6.19. The Morgan fingerprint density at radius 2 is 1.95 bits per heavy atom. The molecular formula is C17H23ClO2Si. The smallest absolute Gasteiger partial charge is 0.184 e. The average Bonchev–Trinajstić information content (AvgIpc) is 2.79. The number of alkyl halides is 1. The van der Waals surface area contributed by atoms with Crippen molar-refractivity contribution in [2.45, 2.75) is 55.8 Å². The van der Waals surface area contributed by atoms with Crippen LogP contribution in [0.2, 0.25) is 19.6 Å². The van der Waals surface area contributed by atoms with Gasteiger partial charge in [0.15, 0.2) is 14.1 Å². The standard InChI is InChI=1S/C17H23ClO2Si/c1-21(2,3)20-17-11-7-10-14(17)15(19)16(17,18)12-13-8-5-4-6-9-13/h4-6,8-9,14H,7,10-12H2,1-3H3/t14?,16?,17-/m1/s1. The van der Waals surface area contributed by atoms with Gasteiger partial charge in [0, 0.05) is 12.3 Å². The zero-order valence-corrected chi connectivity index (χ0v) is 14.7. The van der Waals surface area contributed by atoms with Crippen LogP contribution in [0.15, 0.2) is 30.3 Å². The lowest BCUT2D eigenvalue weighted by Gasteiger charge is -2.58. The predicted octanol–water partition coefficient (Wildman–Crippen LogP) is 4.18. The van der Waals surface area contributed by atoms with E-state index in [1.807, 2.05) is 30.3 Å². The molecule has 0 aromatic heterocycles. The second-order valence-corrected chi connectivity index (χ2v) is 12.5. The lowest BCUT2D eigenvalue weighted by atomic mass is 9.59. The molecule has 0 amide bonds. The molecule has 0 spiro atoms. The Morgan fingerprint density at radius 3 is 2.57 bits per heavy atom. The Morgan fingerprint density at radius 1 is 1.29 bits per heavy atom. The van der Waals surface area contributed by atoms with Gasteiger partial charge in [-0.15, -0.1) is 11.6 Å². The maximum atomic E-state index is 12.7. The first kappa shape index (κ1) is 15.3. The van der Waals surface area contributed by atoms with Crippen LogP contribution in [0.3, 0.4) is 0 Å². The van der Waals surface area contributed by atoms with Gasteiger partial charge >= 0.3 is 0 Å². The first-order chi connectivity index (χ1) is 9.79. The van der Waals surface area contributed by atoms with Crippen molar-refractivity contribution < 1.29 is 9.22 Å². The monoisotopic (exact) mass is 322 g/mol. The van der Waals surface area contributed by atoms with E-state index in [4.69, 9.17) is 16.0 Å². The van der Waals surface area contributed by atoms with E-state index in [2.05, 4.69) is 19.6 Å². The Balaban J connectivity index is 1.93. The van der Waals surface area contributed by atoms with E-state index in [1.165, 1.54) is 0 Å². The number of halogens is 1. The molecule has 1 aromatic rings. The first-order valence-electron chi connectivity index (χ1n) is 7.76. The van der Waals surface area contributed by atoms with Crippen LogP contribution in [-0.4, -0.2) is 24.6 Å². The van der Waals surface area contributed by atoms with Crippen molar-refractivity contribution in [2.24, 2.45) is 5.92 Å². The Hall–Kier alpha value is -0.643. The molecule has 3 rings (SSSR count). The number of rotatable bonds is 4. The molecule has 0 saturated heterocycles. The topological polar surface area (TPSA) is 26.3 Å². The summed E-state index contributed by atoms with van der Waals surface area (Å²) in [6.07, 6.45) is 3.48. The van der Waals surface area contributed by atoms with E-state index in [9.17, 15) is 4.79 Å². The summed E-state index contributed by atoms with van der Waals surface area (Å²) in [4.78, 5) is 11.8. The van der Waals surface area contributed by atoms with Crippen LogP contribution in [0.4, 0.5) is 0 Å². The van der Waals surface area contributed by atoms with Crippen molar-refractivity contribution in [3.8, 4) is 0 Å². The van der Waals surface area contributed by atoms with Gasteiger partial charge in [-0.05, 0) is 44.5 Å². The fourth-order valence-electron chi connectivity index (χ4n) is 4.06. The largest absolute Gasteiger partial charge is 0.409 e. The fraction of sp³-hybridized carbons (Fsp3) is 0.588. The Kier molecular flexibility index (Phi) is 3.59. The van der Waals surface area contributed by atoms with Gasteiger partial charge in [-0.2, -0.15) is 0 Å². The molecule has 0 aliphatic heterocycles. The van der Waals surface area contributed by atoms with E-state index >= 15 is 0 Å². The lowest BCUT2D eigenvalue weighted by molar-refractivity contribution is -0.160. The van der Waals surface area contributed by atoms with Crippen molar-refractivity contribution in [1.82, 2.24) is 0 Å². The van der Waals surface area contributed by atoms with Gasteiger partial charge < -0.3 is 4.43 Å². The van der Waals surface area contributed by atoms with Crippen molar-refractivity contribution >= 4 is 25.7 Å². The van der Waals surface area contributed by atoms with E-state index in [0.29, 0.717) is 6.42 Å². The molecule has 2 fully saturated rings. The van der Waals surface area contributed by atoms with Crippen molar-refractivity contribution in [3.05, 3.63) is 35.9 Å². The van der Waals surface area contributed by atoms with Crippen molar-refractivity contribution in [1.29, 1.82) is 0 Å². The molecule has 21 heavy (non-hydrogen) atoms. The number of Topliss-reactive ketones (excluding diaryl/α,β-unsaturated/α-hetero) is 1. The maximum absolute atomic E-state index is 12.7. The molecule has 2 aliphatic carbocycles. The third-order valence-electron chi connectivity index (χ3n) is 4.76. The van der Waals surface area contributed by atoms with Crippen LogP contribution < -0.4 is 0 Å². The molecule has 2 saturated carbocycles. The van der Waals surface area contributed by atoms with Crippen LogP contribution >= 0.6 is 11.6 Å². The minimum absolute atomic E-state index is 0.0189. The average molecular weight is 323 g/mol. The van der Waals surface area contributed by atoms with Gasteiger partial charge in [0.1, 0.15) is 4.87 Å². The number of carbonyl (C=O) groups excluding carboxylic acids is 1. The third kappa shape index (κ3) is 2.30. The van der Waals surface area contributed by atoms with Gasteiger partial charge in [-0.25, -0.2) is 0 Å². The molecule has 0 radical (unpaired) electrons. The molecule has 1 aromatic carbocycles. The molecule has 114 valence electrons. The summed E-state index contributed by atoms with van der Waals surface area (Å²) in [6, 6.07) is 10.1. The summed E-state index contributed by atoms with van der Waals surface area (Å²) in [5.41, 5.74) is 0.691. The molecular weight excluding hydrogens is 300 g/mol. The van der Waals surface area contributed by atoms with Gasteiger partial charge in [-0.3, -0.25) is 4.79 Å². The molecule has 2 unspecified atom stereocenters. The van der Waals surface area contributed by atoms with Crippen LogP contribution in [0.1, 0.15) is 24.8 Å². The van der Waals surface area contributed by atoms with Crippen LogP contribution in [-0.2, 0) is 15.6 Å². The normalized spacial score (nSPS) is 35.4. The van der Waals surface area contributed by atoms with Crippen LogP contribution in [0, 0.1) is 5.92 Å². The summed E-state index contributed by atoms with van der Waals surface area (Å²) in [5.74, 6) is 0.217. The van der Waals surface area contributed by atoms with Crippen LogP contribution in [0.5, 0.6) is 0 Å². The number of carbonyl (C=O) groups is 1. The number of hydrogen-bond acceptors (Lipinski definition) is 2. The predicted molar refractivity (Wildman–Crippen MR) is 88.2 cm³/mol. The summed E-state index contributed by atoms with van der Waals surface area (Å²) in [5, 5.41) is 0. The van der Waals surface area contributed by atoms with Gasteiger partial charge in [-0.1, -0.05) is 30.3 Å². The zero-order valence-electron chi connectivity index (χ0n) is 13.0. The van der Waals surface area contributed by atoms with Gasteiger partial charge in [0.25, 0.3) is 0 Å². The van der Waals surface area contributed by atoms with Crippen molar-refractivity contribution in [2.75, 3.05) is 0 Å². The SMILES string of the molecule is C[Si](C)(C)O[C@]12CCCC1C(=O)C2(Cl)Cc1ccccc1. The van der Waals surface area contributed by atoms with E-state index in [0.717, 1.165) is 24.8 Å². The zero-order chi connectivity index (χ0) is 15.3. The highest BCUT2D eigenvalue weighted by Crippen LogP contribution is 2.61. The van der Waals surface area contributed by atoms with Crippen molar-refractivity contribution in [3.63, 3.8) is 0 Å². The minimum Gasteiger partial charge on any atom is -0.409 e. The first-order valence-corrected chi connectivity index (χ1v) is 11.5. The second kappa shape index (κ2) is 4.93.